The summed E-state index contributed by atoms with van der Waals surface area (Å²) in [7, 11) is 0. The minimum Gasteiger partial charge on any atom is -0.441 e. The molecule has 0 unspecified atom stereocenters. The molecule has 0 spiro atoms. The normalized spacial score (nSPS) is 12.2. The van der Waals surface area contributed by atoms with Crippen molar-refractivity contribution in [1.29, 1.82) is 0 Å². The van der Waals surface area contributed by atoms with E-state index in [1.54, 1.807) is 19.9 Å². The lowest BCUT2D eigenvalue weighted by atomic mass is 10.2. The smallest absolute Gasteiger partial charge is 0.246 e. The van der Waals surface area contributed by atoms with Crippen LogP contribution in [0.3, 0.4) is 0 Å². The zero-order chi connectivity index (χ0) is 17.3. The van der Waals surface area contributed by atoms with E-state index >= 15 is 0 Å². The molecule has 1 atom stereocenters. The Labute approximate surface area is 142 Å². The van der Waals surface area contributed by atoms with Crippen LogP contribution in [0.4, 0.5) is 15.8 Å². The number of carbonyl (C=O) groups is 1. The predicted molar refractivity (Wildman–Crippen MR) is 91.9 cm³/mol. The molecule has 0 fully saturated rings. The molecule has 3 rings (SSSR count). The number of halogens is 2. The van der Waals surface area contributed by atoms with Crippen LogP contribution in [0.2, 0.25) is 5.02 Å². The molecule has 5 nitrogen and oxygen atoms in total. The van der Waals surface area contributed by atoms with E-state index in [2.05, 4.69) is 15.6 Å². The molecule has 1 aromatic heterocycles. The number of hydrogen-bond donors (Lipinski definition) is 2. The van der Waals surface area contributed by atoms with Crippen molar-refractivity contribution in [1.82, 2.24) is 4.98 Å². The molecule has 2 N–H and O–H groups in total. The molecule has 0 aliphatic heterocycles. The number of carbonyl (C=O) groups excluding carboxylic acids is 1. The molecule has 1 heterocycles. The maximum Gasteiger partial charge on any atom is 0.246 e. The molecule has 3 aromatic rings. The number of fused-ring (bicyclic) bond motifs is 1. The fourth-order valence-corrected chi connectivity index (χ4v) is 2.45. The molecule has 1 amide bonds. The number of nitrogens with one attached hydrogen (secondary N) is 2. The lowest BCUT2D eigenvalue weighted by Crippen LogP contribution is -2.31. The van der Waals surface area contributed by atoms with Crippen molar-refractivity contribution in [3.05, 3.63) is 53.1 Å². The van der Waals surface area contributed by atoms with Crippen molar-refractivity contribution < 1.29 is 13.6 Å². The van der Waals surface area contributed by atoms with Gasteiger partial charge in [0.15, 0.2) is 11.5 Å². The van der Waals surface area contributed by atoms with Crippen LogP contribution in [0.5, 0.6) is 0 Å². The molecule has 0 aliphatic carbocycles. The van der Waals surface area contributed by atoms with Gasteiger partial charge in [-0.2, -0.15) is 0 Å². The maximum absolute atomic E-state index is 13.1. The molecule has 24 heavy (non-hydrogen) atoms. The standard InChI is InChI=1S/C17H15ClFN3O2/c1-9(17(23)22-11-3-5-14(19)13(18)7-11)20-12-4-6-16-15(8-12)21-10(2)24-16/h3-9,20H,1-2H3,(H,22,23)/t9-/m0/s1. The molecule has 0 saturated carbocycles. The molecule has 124 valence electrons. The average Bonchev–Trinajstić information content (AvgIpc) is 2.90. The second-order valence-corrected chi connectivity index (χ2v) is 5.81. The van der Waals surface area contributed by atoms with E-state index in [1.165, 1.54) is 18.2 Å². The Hall–Kier alpha value is -2.60. The maximum atomic E-state index is 13.1. The third-order valence-electron chi connectivity index (χ3n) is 3.46. The van der Waals surface area contributed by atoms with E-state index in [4.69, 9.17) is 16.0 Å². The number of anilines is 2. The van der Waals surface area contributed by atoms with Gasteiger partial charge >= 0.3 is 0 Å². The van der Waals surface area contributed by atoms with Gasteiger partial charge in [0.2, 0.25) is 5.91 Å². The summed E-state index contributed by atoms with van der Waals surface area (Å²) in [5, 5.41) is 5.73. The summed E-state index contributed by atoms with van der Waals surface area (Å²) in [4.78, 5) is 16.5. The Morgan fingerprint density at radius 1 is 1.25 bits per heavy atom. The lowest BCUT2D eigenvalue weighted by molar-refractivity contribution is -0.116. The first kappa shape index (κ1) is 16.3. The molecule has 7 heteroatoms. The van der Waals surface area contributed by atoms with Gasteiger partial charge in [0, 0.05) is 18.3 Å². The number of aryl methyl sites for hydroxylation is 1. The van der Waals surface area contributed by atoms with Crippen LogP contribution in [-0.4, -0.2) is 16.9 Å². The number of aromatic nitrogens is 1. The Morgan fingerprint density at radius 3 is 2.75 bits per heavy atom. The fraction of sp³-hybridized carbons (Fsp3) is 0.176. The van der Waals surface area contributed by atoms with Gasteiger partial charge in [-0.15, -0.1) is 0 Å². The largest absolute Gasteiger partial charge is 0.441 e. The third-order valence-corrected chi connectivity index (χ3v) is 3.75. The van der Waals surface area contributed by atoms with Gasteiger partial charge in [0.1, 0.15) is 17.4 Å². The zero-order valence-corrected chi connectivity index (χ0v) is 13.8. The molecular weight excluding hydrogens is 333 g/mol. The van der Waals surface area contributed by atoms with E-state index in [9.17, 15) is 9.18 Å². The average molecular weight is 348 g/mol. The monoisotopic (exact) mass is 347 g/mol. The highest BCUT2D eigenvalue weighted by Gasteiger charge is 2.14. The highest BCUT2D eigenvalue weighted by molar-refractivity contribution is 6.31. The van der Waals surface area contributed by atoms with Gasteiger partial charge in [-0.05, 0) is 43.3 Å². The topological polar surface area (TPSA) is 67.2 Å². The van der Waals surface area contributed by atoms with Crippen LogP contribution in [0, 0.1) is 12.7 Å². The van der Waals surface area contributed by atoms with Crippen molar-refractivity contribution >= 4 is 40.0 Å². The predicted octanol–water partition coefficient (Wildman–Crippen LogP) is 4.37. The van der Waals surface area contributed by atoms with E-state index in [0.717, 1.165) is 11.2 Å². The lowest BCUT2D eigenvalue weighted by Gasteiger charge is -2.15. The Balaban J connectivity index is 1.69. The SMILES string of the molecule is Cc1nc2cc(N[C@@H](C)C(=O)Nc3ccc(F)c(Cl)c3)ccc2o1. The van der Waals surface area contributed by atoms with Gasteiger partial charge in [-0.3, -0.25) is 4.79 Å². The van der Waals surface area contributed by atoms with E-state index < -0.39 is 11.9 Å². The van der Waals surface area contributed by atoms with Crippen LogP contribution in [-0.2, 0) is 4.79 Å². The summed E-state index contributed by atoms with van der Waals surface area (Å²) in [6.45, 7) is 3.50. The molecule has 0 radical (unpaired) electrons. The molecule has 2 aromatic carbocycles. The zero-order valence-electron chi connectivity index (χ0n) is 13.1. The minimum atomic E-state index is -0.531. The summed E-state index contributed by atoms with van der Waals surface area (Å²) in [6.07, 6.45) is 0. The van der Waals surface area contributed by atoms with E-state index in [-0.39, 0.29) is 10.9 Å². The first-order chi connectivity index (χ1) is 11.4. The third kappa shape index (κ3) is 3.49. The Morgan fingerprint density at radius 2 is 2.00 bits per heavy atom. The van der Waals surface area contributed by atoms with Crippen molar-refractivity contribution in [2.75, 3.05) is 10.6 Å². The van der Waals surface area contributed by atoms with Crippen molar-refractivity contribution in [3.63, 3.8) is 0 Å². The van der Waals surface area contributed by atoms with Crippen LogP contribution in [0.1, 0.15) is 12.8 Å². The summed E-state index contributed by atoms with van der Waals surface area (Å²) < 4.78 is 18.6. The quantitative estimate of drug-likeness (QED) is 0.735. The van der Waals surface area contributed by atoms with Gasteiger partial charge in [-0.25, -0.2) is 9.37 Å². The van der Waals surface area contributed by atoms with E-state index in [1.807, 2.05) is 12.1 Å². The van der Waals surface area contributed by atoms with Crippen LogP contribution < -0.4 is 10.6 Å². The van der Waals surface area contributed by atoms with Gasteiger partial charge in [0.05, 0.1) is 5.02 Å². The highest BCUT2D eigenvalue weighted by atomic mass is 35.5. The number of amides is 1. The van der Waals surface area contributed by atoms with Crippen LogP contribution in [0.25, 0.3) is 11.1 Å². The summed E-state index contributed by atoms with van der Waals surface area (Å²) in [6, 6.07) is 8.93. The fourth-order valence-electron chi connectivity index (χ4n) is 2.27. The first-order valence-electron chi connectivity index (χ1n) is 7.32. The van der Waals surface area contributed by atoms with Crippen molar-refractivity contribution in [3.8, 4) is 0 Å². The molecule has 0 saturated heterocycles. The highest BCUT2D eigenvalue weighted by Crippen LogP contribution is 2.21. The van der Waals surface area contributed by atoms with Crippen molar-refractivity contribution in [2.24, 2.45) is 0 Å². The Bertz CT molecular complexity index is 910. The van der Waals surface area contributed by atoms with Gasteiger partial charge in [0.25, 0.3) is 0 Å². The number of hydrogen-bond acceptors (Lipinski definition) is 4. The number of benzene rings is 2. The Kier molecular flexibility index (Phi) is 4.40. The van der Waals surface area contributed by atoms with Gasteiger partial charge < -0.3 is 15.1 Å². The minimum absolute atomic E-state index is 0.0414. The molecule has 0 bridgehead atoms. The molecular formula is C17H15ClFN3O2. The number of rotatable bonds is 4. The van der Waals surface area contributed by atoms with Crippen molar-refractivity contribution in [2.45, 2.75) is 19.9 Å². The summed E-state index contributed by atoms with van der Waals surface area (Å²) in [5.74, 6) is -0.215. The first-order valence-corrected chi connectivity index (χ1v) is 7.70. The molecule has 0 aliphatic rings. The number of nitrogens with zero attached hydrogens (tertiary/aromatic N) is 1. The summed E-state index contributed by atoms with van der Waals surface area (Å²) >= 11 is 5.71. The second-order valence-electron chi connectivity index (χ2n) is 5.40. The van der Waals surface area contributed by atoms with Crippen LogP contribution >= 0.6 is 11.6 Å². The van der Waals surface area contributed by atoms with Gasteiger partial charge in [-0.1, -0.05) is 11.6 Å². The second kappa shape index (κ2) is 6.49. The summed E-state index contributed by atoms with van der Waals surface area (Å²) in [5.41, 5.74) is 2.59. The van der Waals surface area contributed by atoms with Crippen LogP contribution in [0.15, 0.2) is 40.8 Å². The number of oxazole rings is 1. The van der Waals surface area contributed by atoms with E-state index in [0.29, 0.717) is 17.2 Å².